The summed E-state index contributed by atoms with van der Waals surface area (Å²) in [6.07, 6.45) is 0. The molecule has 1 unspecified atom stereocenters. The SMILES string of the molecule is CNC(c1ccc(OC)c(C)c1)c1cc(F)c(F)c(F)c1. The van der Waals surface area contributed by atoms with Crippen molar-refractivity contribution in [2.45, 2.75) is 13.0 Å². The maximum absolute atomic E-state index is 13.4. The van der Waals surface area contributed by atoms with Gasteiger partial charge in [0, 0.05) is 0 Å². The predicted octanol–water partition coefficient (Wildman–Crippen LogP) is 3.73. The number of benzene rings is 2. The molecule has 5 heteroatoms. The molecule has 0 bridgehead atoms. The number of methoxy groups -OCH3 is 1. The minimum atomic E-state index is -1.46. The van der Waals surface area contributed by atoms with Crippen molar-refractivity contribution in [2.24, 2.45) is 0 Å². The Kier molecular flexibility index (Phi) is 4.53. The Labute approximate surface area is 121 Å². The van der Waals surface area contributed by atoms with Crippen LogP contribution in [0.5, 0.6) is 5.75 Å². The van der Waals surface area contributed by atoms with E-state index in [4.69, 9.17) is 4.74 Å². The van der Waals surface area contributed by atoms with E-state index in [-0.39, 0.29) is 0 Å². The fraction of sp³-hybridized carbons (Fsp3) is 0.250. The van der Waals surface area contributed by atoms with E-state index in [0.29, 0.717) is 5.56 Å². The molecule has 1 atom stereocenters. The van der Waals surface area contributed by atoms with Gasteiger partial charge in [-0.2, -0.15) is 0 Å². The van der Waals surface area contributed by atoms with Gasteiger partial charge in [-0.1, -0.05) is 12.1 Å². The summed E-state index contributed by atoms with van der Waals surface area (Å²) in [7, 11) is 3.24. The quantitative estimate of drug-likeness (QED) is 0.868. The molecule has 0 radical (unpaired) electrons. The van der Waals surface area contributed by atoms with Crippen LogP contribution in [0.2, 0.25) is 0 Å². The van der Waals surface area contributed by atoms with E-state index in [1.807, 2.05) is 13.0 Å². The fourth-order valence-corrected chi connectivity index (χ4v) is 2.35. The molecule has 0 heterocycles. The van der Waals surface area contributed by atoms with E-state index >= 15 is 0 Å². The molecular weight excluding hydrogens is 279 g/mol. The van der Waals surface area contributed by atoms with Gasteiger partial charge in [0.2, 0.25) is 0 Å². The van der Waals surface area contributed by atoms with Crippen molar-refractivity contribution in [3.63, 3.8) is 0 Å². The first-order valence-electron chi connectivity index (χ1n) is 6.44. The van der Waals surface area contributed by atoms with E-state index in [1.54, 1.807) is 26.3 Å². The maximum atomic E-state index is 13.4. The molecule has 0 aliphatic rings. The average Bonchev–Trinajstić information content (AvgIpc) is 2.45. The second-order valence-corrected chi connectivity index (χ2v) is 4.75. The highest BCUT2D eigenvalue weighted by molar-refractivity contribution is 5.41. The summed E-state index contributed by atoms with van der Waals surface area (Å²) >= 11 is 0. The van der Waals surface area contributed by atoms with Crippen molar-refractivity contribution >= 4 is 0 Å². The third kappa shape index (κ3) is 3.03. The molecule has 0 amide bonds. The normalized spacial score (nSPS) is 12.3. The maximum Gasteiger partial charge on any atom is 0.194 e. The molecule has 0 spiro atoms. The van der Waals surface area contributed by atoms with E-state index < -0.39 is 23.5 Å². The van der Waals surface area contributed by atoms with Crippen molar-refractivity contribution in [2.75, 3.05) is 14.2 Å². The van der Waals surface area contributed by atoms with Crippen molar-refractivity contribution in [3.05, 3.63) is 64.5 Å². The summed E-state index contributed by atoms with van der Waals surface area (Å²) in [5.41, 5.74) is 2.03. The summed E-state index contributed by atoms with van der Waals surface area (Å²) in [6.45, 7) is 1.88. The van der Waals surface area contributed by atoms with Crippen molar-refractivity contribution in [3.8, 4) is 5.75 Å². The van der Waals surface area contributed by atoms with Crippen LogP contribution in [0.1, 0.15) is 22.7 Å². The molecule has 2 aromatic carbocycles. The summed E-state index contributed by atoms with van der Waals surface area (Å²) in [5, 5.41) is 2.98. The van der Waals surface area contributed by atoms with Crippen LogP contribution in [0.25, 0.3) is 0 Å². The van der Waals surface area contributed by atoms with Gasteiger partial charge in [0.05, 0.1) is 13.2 Å². The zero-order valence-electron chi connectivity index (χ0n) is 12.0. The highest BCUT2D eigenvalue weighted by Gasteiger charge is 2.18. The molecule has 0 aromatic heterocycles. The van der Waals surface area contributed by atoms with Crippen LogP contribution in [-0.2, 0) is 0 Å². The van der Waals surface area contributed by atoms with Gasteiger partial charge in [0.1, 0.15) is 5.75 Å². The van der Waals surface area contributed by atoms with Gasteiger partial charge in [-0.3, -0.25) is 0 Å². The topological polar surface area (TPSA) is 21.3 Å². The minimum absolute atomic E-state index is 0.318. The van der Waals surface area contributed by atoms with Gasteiger partial charge in [0.25, 0.3) is 0 Å². The molecule has 112 valence electrons. The second-order valence-electron chi connectivity index (χ2n) is 4.75. The number of halogens is 3. The monoisotopic (exact) mass is 295 g/mol. The Morgan fingerprint density at radius 2 is 1.62 bits per heavy atom. The molecular formula is C16H16F3NO. The number of aryl methyl sites for hydroxylation is 1. The summed E-state index contributed by atoms with van der Waals surface area (Å²) < 4.78 is 45.0. The van der Waals surface area contributed by atoms with E-state index in [2.05, 4.69) is 5.32 Å². The lowest BCUT2D eigenvalue weighted by atomic mass is 9.97. The standard InChI is InChI=1S/C16H16F3NO/c1-9-6-10(4-5-14(9)21-3)16(20-2)11-7-12(17)15(19)13(18)8-11/h4-8,16,20H,1-3H3. The highest BCUT2D eigenvalue weighted by atomic mass is 19.2. The Morgan fingerprint density at radius 3 is 2.10 bits per heavy atom. The molecule has 21 heavy (non-hydrogen) atoms. The van der Waals surface area contributed by atoms with Gasteiger partial charge in [-0.15, -0.1) is 0 Å². The summed E-state index contributed by atoms with van der Waals surface area (Å²) in [5.74, 6) is -3.13. The van der Waals surface area contributed by atoms with Crippen LogP contribution in [0.4, 0.5) is 13.2 Å². The van der Waals surface area contributed by atoms with Gasteiger partial charge in [-0.25, -0.2) is 13.2 Å². The second kappa shape index (κ2) is 6.18. The number of hydrogen-bond acceptors (Lipinski definition) is 2. The van der Waals surface area contributed by atoms with Crippen LogP contribution in [-0.4, -0.2) is 14.2 Å². The van der Waals surface area contributed by atoms with Crippen molar-refractivity contribution in [1.82, 2.24) is 5.32 Å². The van der Waals surface area contributed by atoms with E-state index in [0.717, 1.165) is 29.0 Å². The molecule has 0 fully saturated rings. The van der Waals surface area contributed by atoms with Crippen LogP contribution in [0, 0.1) is 24.4 Å². The van der Waals surface area contributed by atoms with Crippen LogP contribution in [0.3, 0.4) is 0 Å². The average molecular weight is 295 g/mol. The molecule has 2 aromatic rings. The number of hydrogen-bond donors (Lipinski definition) is 1. The Balaban J connectivity index is 2.47. The number of nitrogens with one attached hydrogen (secondary N) is 1. The molecule has 1 N–H and O–H groups in total. The number of rotatable bonds is 4. The zero-order valence-corrected chi connectivity index (χ0v) is 12.0. The highest BCUT2D eigenvalue weighted by Crippen LogP contribution is 2.28. The Morgan fingerprint density at radius 1 is 1.00 bits per heavy atom. The van der Waals surface area contributed by atoms with Crippen LogP contribution in [0.15, 0.2) is 30.3 Å². The van der Waals surface area contributed by atoms with Gasteiger partial charge < -0.3 is 10.1 Å². The molecule has 0 saturated heterocycles. The van der Waals surface area contributed by atoms with Gasteiger partial charge in [-0.05, 0) is 48.9 Å². The largest absolute Gasteiger partial charge is 0.496 e. The third-order valence-electron chi connectivity index (χ3n) is 3.38. The lowest BCUT2D eigenvalue weighted by Gasteiger charge is -2.19. The van der Waals surface area contributed by atoms with Gasteiger partial charge in [0.15, 0.2) is 17.5 Å². The van der Waals surface area contributed by atoms with Crippen LogP contribution < -0.4 is 10.1 Å². The minimum Gasteiger partial charge on any atom is -0.496 e. The van der Waals surface area contributed by atoms with Crippen molar-refractivity contribution < 1.29 is 17.9 Å². The zero-order chi connectivity index (χ0) is 15.6. The summed E-state index contributed by atoms with van der Waals surface area (Å²) in [6, 6.07) is 6.99. The summed E-state index contributed by atoms with van der Waals surface area (Å²) in [4.78, 5) is 0. The Bertz CT molecular complexity index is 635. The molecule has 2 nitrogen and oxygen atoms in total. The third-order valence-corrected chi connectivity index (χ3v) is 3.38. The fourth-order valence-electron chi connectivity index (χ4n) is 2.35. The molecule has 2 rings (SSSR count). The Hall–Kier alpha value is -2.01. The molecule has 0 aliphatic heterocycles. The van der Waals surface area contributed by atoms with Crippen molar-refractivity contribution in [1.29, 1.82) is 0 Å². The smallest absolute Gasteiger partial charge is 0.194 e. The lowest BCUT2D eigenvalue weighted by Crippen LogP contribution is -2.18. The first kappa shape index (κ1) is 15.4. The van der Waals surface area contributed by atoms with Gasteiger partial charge >= 0.3 is 0 Å². The lowest BCUT2D eigenvalue weighted by molar-refractivity contribution is 0.411. The molecule has 0 saturated carbocycles. The molecule has 0 aliphatic carbocycles. The predicted molar refractivity (Wildman–Crippen MR) is 74.9 cm³/mol. The van der Waals surface area contributed by atoms with E-state index in [1.165, 1.54) is 0 Å². The van der Waals surface area contributed by atoms with Crippen LogP contribution >= 0.6 is 0 Å². The van der Waals surface area contributed by atoms with E-state index in [9.17, 15) is 13.2 Å². The first-order chi connectivity index (χ1) is 9.97. The first-order valence-corrected chi connectivity index (χ1v) is 6.44. The number of ether oxygens (including phenoxy) is 1.